The van der Waals surface area contributed by atoms with E-state index < -0.39 is 0 Å². The Hall–Kier alpha value is -1.77. The first-order chi connectivity index (χ1) is 13.2. The number of fused-ring (bicyclic) bond motifs is 1. The summed E-state index contributed by atoms with van der Waals surface area (Å²) in [7, 11) is 0. The van der Waals surface area contributed by atoms with Gasteiger partial charge in [-0.2, -0.15) is 0 Å². The number of aliphatic imine (C=N–C) groups is 1. The molecule has 28 heavy (non-hydrogen) atoms. The molecule has 0 unspecified atom stereocenters. The summed E-state index contributed by atoms with van der Waals surface area (Å²) in [6, 6.07) is 10.6. The van der Waals surface area contributed by atoms with Crippen LogP contribution in [0.25, 0.3) is 10.9 Å². The van der Waals surface area contributed by atoms with Gasteiger partial charge in [0.15, 0.2) is 5.96 Å². The first kappa shape index (κ1) is 24.3. The maximum Gasteiger partial charge on any atom is 0.224 e. The molecule has 0 spiro atoms. The minimum atomic E-state index is 0. The molecule has 7 heteroatoms. The summed E-state index contributed by atoms with van der Waals surface area (Å²) in [5.41, 5.74) is 1.27. The van der Waals surface area contributed by atoms with E-state index in [0.717, 1.165) is 45.1 Å². The SMILES string of the molecule is CCNC(=NCCCn1ccc2ccccc21)NCCC(=O)N(CC)CC.I. The van der Waals surface area contributed by atoms with E-state index >= 15 is 0 Å². The predicted octanol–water partition coefficient (Wildman–Crippen LogP) is 3.46. The lowest BCUT2D eigenvalue weighted by molar-refractivity contribution is -0.130. The molecule has 1 aromatic carbocycles. The van der Waals surface area contributed by atoms with Crippen molar-refractivity contribution >= 4 is 46.7 Å². The first-order valence-corrected chi connectivity index (χ1v) is 10.0. The highest BCUT2D eigenvalue weighted by Crippen LogP contribution is 2.15. The number of carbonyl (C=O) groups excluding carboxylic acids is 1. The van der Waals surface area contributed by atoms with Gasteiger partial charge in [0.05, 0.1) is 0 Å². The van der Waals surface area contributed by atoms with Crippen LogP contribution >= 0.6 is 24.0 Å². The van der Waals surface area contributed by atoms with Gasteiger partial charge in [-0.15, -0.1) is 24.0 Å². The van der Waals surface area contributed by atoms with Gasteiger partial charge >= 0.3 is 0 Å². The Balaban J connectivity index is 0.00000392. The van der Waals surface area contributed by atoms with Crippen molar-refractivity contribution in [2.75, 3.05) is 32.7 Å². The number of aromatic nitrogens is 1. The van der Waals surface area contributed by atoms with Crippen molar-refractivity contribution < 1.29 is 4.79 Å². The highest BCUT2D eigenvalue weighted by atomic mass is 127. The Morgan fingerprint density at radius 1 is 1.11 bits per heavy atom. The fourth-order valence-corrected chi connectivity index (χ4v) is 3.13. The van der Waals surface area contributed by atoms with E-state index in [2.05, 4.69) is 56.7 Å². The second-order valence-corrected chi connectivity index (χ2v) is 6.42. The third-order valence-corrected chi connectivity index (χ3v) is 4.60. The maximum absolute atomic E-state index is 12.1. The lowest BCUT2D eigenvalue weighted by atomic mass is 10.2. The van der Waals surface area contributed by atoms with Crippen molar-refractivity contribution in [2.45, 2.75) is 40.2 Å². The molecule has 0 bridgehead atoms. The molecule has 0 atom stereocenters. The zero-order chi connectivity index (χ0) is 19.5. The van der Waals surface area contributed by atoms with Crippen LogP contribution in [0.4, 0.5) is 0 Å². The molecule has 6 nitrogen and oxygen atoms in total. The van der Waals surface area contributed by atoms with Gasteiger partial charge in [0.2, 0.25) is 5.91 Å². The number of aryl methyl sites for hydroxylation is 1. The van der Waals surface area contributed by atoms with Gasteiger partial charge in [-0.05, 0) is 44.7 Å². The van der Waals surface area contributed by atoms with Crippen LogP contribution < -0.4 is 10.6 Å². The zero-order valence-electron chi connectivity index (χ0n) is 17.3. The van der Waals surface area contributed by atoms with E-state index in [1.807, 2.05) is 25.7 Å². The molecule has 1 aromatic heterocycles. The molecule has 156 valence electrons. The minimum Gasteiger partial charge on any atom is -0.357 e. The van der Waals surface area contributed by atoms with Crippen molar-refractivity contribution in [1.29, 1.82) is 0 Å². The highest BCUT2D eigenvalue weighted by Gasteiger charge is 2.09. The molecule has 0 fully saturated rings. The molecule has 0 aliphatic carbocycles. The second kappa shape index (κ2) is 13.4. The monoisotopic (exact) mass is 499 g/mol. The van der Waals surface area contributed by atoms with E-state index in [-0.39, 0.29) is 29.9 Å². The largest absolute Gasteiger partial charge is 0.357 e. The first-order valence-electron chi connectivity index (χ1n) is 10.0. The van der Waals surface area contributed by atoms with Crippen LogP contribution in [-0.4, -0.2) is 54.1 Å². The van der Waals surface area contributed by atoms with E-state index in [4.69, 9.17) is 0 Å². The fourth-order valence-electron chi connectivity index (χ4n) is 3.13. The Morgan fingerprint density at radius 3 is 2.57 bits per heavy atom. The number of rotatable bonds is 10. The number of nitrogens with zero attached hydrogens (tertiary/aromatic N) is 3. The van der Waals surface area contributed by atoms with Crippen molar-refractivity contribution in [3.63, 3.8) is 0 Å². The molecule has 2 N–H and O–H groups in total. The number of halogens is 1. The predicted molar refractivity (Wildman–Crippen MR) is 128 cm³/mol. The summed E-state index contributed by atoms with van der Waals surface area (Å²) < 4.78 is 2.27. The summed E-state index contributed by atoms with van der Waals surface area (Å²) >= 11 is 0. The number of amides is 1. The molecule has 1 heterocycles. The summed E-state index contributed by atoms with van der Waals surface area (Å²) in [6.45, 7) is 10.7. The van der Waals surface area contributed by atoms with Gasteiger partial charge in [-0.3, -0.25) is 9.79 Å². The van der Waals surface area contributed by atoms with Crippen LogP contribution in [0, 0.1) is 0 Å². The van der Waals surface area contributed by atoms with Crippen LogP contribution in [-0.2, 0) is 11.3 Å². The van der Waals surface area contributed by atoms with Gasteiger partial charge in [-0.1, -0.05) is 18.2 Å². The normalized spacial score (nSPS) is 11.2. The molecule has 0 saturated carbocycles. The Morgan fingerprint density at radius 2 is 1.86 bits per heavy atom. The summed E-state index contributed by atoms with van der Waals surface area (Å²) in [6.07, 6.45) is 3.59. The zero-order valence-corrected chi connectivity index (χ0v) is 19.6. The van der Waals surface area contributed by atoms with Crippen molar-refractivity contribution in [3.05, 3.63) is 36.5 Å². The van der Waals surface area contributed by atoms with E-state index in [1.165, 1.54) is 10.9 Å². The number of para-hydroxylation sites is 1. The topological polar surface area (TPSA) is 61.7 Å². The van der Waals surface area contributed by atoms with Crippen molar-refractivity contribution in [3.8, 4) is 0 Å². The third-order valence-electron chi connectivity index (χ3n) is 4.60. The lowest BCUT2D eigenvalue weighted by Gasteiger charge is -2.19. The van der Waals surface area contributed by atoms with E-state index in [0.29, 0.717) is 13.0 Å². The van der Waals surface area contributed by atoms with Gasteiger partial charge < -0.3 is 20.1 Å². The summed E-state index contributed by atoms with van der Waals surface area (Å²) in [5, 5.41) is 7.78. The fraction of sp³-hybridized carbons (Fsp3) is 0.524. The second-order valence-electron chi connectivity index (χ2n) is 6.42. The van der Waals surface area contributed by atoms with Crippen LogP contribution in [0.5, 0.6) is 0 Å². The van der Waals surface area contributed by atoms with Gasteiger partial charge in [0, 0.05) is 57.4 Å². The molecule has 0 aliphatic rings. The third kappa shape index (κ3) is 7.33. The molecule has 2 aromatic rings. The average molecular weight is 499 g/mol. The van der Waals surface area contributed by atoms with Crippen LogP contribution in [0.2, 0.25) is 0 Å². The Bertz CT molecular complexity index is 739. The van der Waals surface area contributed by atoms with Crippen LogP contribution in [0.1, 0.15) is 33.6 Å². The number of hydrogen-bond donors (Lipinski definition) is 2. The van der Waals surface area contributed by atoms with E-state index in [9.17, 15) is 4.79 Å². The van der Waals surface area contributed by atoms with Crippen molar-refractivity contribution in [2.24, 2.45) is 4.99 Å². The van der Waals surface area contributed by atoms with Gasteiger partial charge in [0.25, 0.3) is 0 Å². The lowest BCUT2D eigenvalue weighted by Crippen LogP contribution is -2.40. The molecular weight excluding hydrogens is 465 g/mol. The van der Waals surface area contributed by atoms with Crippen molar-refractivity contribution in [1.82, 2.24) is 20.1 Å². The number of guanidine groups is 1. The number of nitrogens with one attached hydrogen (secondary N) is 2. The molecule has 2 rings (SSSR count). The average Bonchev–Trinajstić information content (AvgIpc) is 3.09. The Kier molecular flexibility index (Phi) is 11.6. The quantitative estimate of drug-likeness (QED) is 0.228. The maximum atomic E-state index is 12.1. The summed E-state index contributed by atoms with van der Waals surface area (Å²) in [5.74, 6) is 0.963. The molecule has 0 saturated heterocycles. The number of benzene rings is 1. The number of carbonyl (C=O) groups is 1. The van der Waals surface area contributed by atoms with Crippen LogP contribution in [0.3, 0.4) is 0 Å². The standard InChI is InChI=1S/C21H33N5O.HI/c1-4-22-21(24-15-12-20(27)25(5-2)6-3)23-14-9-16-26-17-13-18-10-7-8-11-19(18)26;/h7-8,10-11,13,17H,4-6,9,12,14-16H2,1-3H3,(H2,22,23,24);1H. The molecule has 0 radical (unpaired) electrons. The minimum absolute atomic E-state index is 0. The smallest absolute Gasteiger partial charge is 0.224 e. The molecule has 1 amide bonds. The Labute approximate surface area is 185 Å². The number of hydrogen-bond acceptors (Lipinski definition) is 2. The summed E-state index contributed by atoms with van der Waals surface area (Å²) in [4.78, 5) is 18.6. The van der Waals surface area contributed by atoms with Crippen LogP contribution in [0.15, 0.2) is 41.5 Å². The van der Waals surface area contributed by atoms with Gasteiger partial charge in [-0.25, -0.2) is 0 Å². The molecular formula is C21H34IN5O. The van der Waals surface area contributed by atoms with Gasteiger partial charge in [0.1, 0.15) is 0 Å². The molecule has 0 aliphatic heterocycles. The highest BCUT2D eigenvalue weighted by molar-refractivity contribution is 14.0. The van der Waals surface area contributed by atoms with E-state index in [1.54, 1.807) is 0 Å².